The Morgan fingerprint density at radius 2 is 2.11 bits per heavy atom. The van der Waals surface area contributed by atoms with Crippen LogP contribution in [0.15, 0.2) is 24.3 Å². The third-order valence-corrected chi connectivity index (χ3v) is 3.79. The summed E-state index contributed by atoms with van der Waals surface area (Å²) in [5.74, 6) is 1.04. The van der Waals surface area contributed by atoms with Crippen LogP contribution in [0, 0.1) is 5.92 Å². The molecule has 1 saturated heterocycles. The second kappa shape index (κ2) is 5.42. The molecule has 1 aromatic rings. The average Bonchev–Trinajstić information content (AvgIpc) is 2.32. The van der Waals surface area contributed by atoms with Crippen molar-refractivity contribution in [1.29, 1.82) is 0 Å². The van der Waals surface area contributed by atoms with Crippen molar-refractivity contribution in [3.05, 3.63) is 29.8 Å². The van der Waals surface area contributed by atoms with Gasteiger partial charge < -0.3 is 10.0 Å². The van der Waals surface area contributed by atoms with E-state index in [4.69, 9.17) is 0 Å². The van der Waals surface area contributed by atoms with E-state index in [9.17, 15) is 9.90 Å². The van der Waals surface area contributed by atoms with Crippen molar-refractivity contribution >= 4 is 5.91 Å². The monoisotopic (exact) mass is 247 g/mol. The van der Waals surface area contributed by atoms with Gasteiger partial charge in [-0.15, -0.1) is 0 Å². The number of amides is 1. The molecule has 3 heteroatoms. The van der Waals surface area contributed by atoms with Crippen LogP contribution in [0.5, 0.6) is 5.75 Å². The highest BCUT2D eigenvalue weighted by molar-refractivity contribution is 5.79. The lowest BCUT2D eigenvalue weighted by Crippen LogP contribution is -2.44. The van der Waals surface area contributed by atoms with Crippen molar-refractivity contribution < 1.29 is 9.90 Å². The number of phenolic OH excluding ortho intramolecular Hbond substituents is 1. The number of piperidine rings is 1. The third-order valence-electron chi connectivity index (χ3n) is 3.79. The molecule has 1 aromatic carbocycles. The van der Waals surface area contributed by atoms with Gasteiger partial charge in [0.2, 0.25) is 5.91 Å². The van der Waals surface area contributed by atoms with Gasteiger partial charge >= 0.3 is 0 Å². The molecule has 0 bridgehead atoms. The van der Waals surface area contributed by atoms with Gasteiger partial charge in [-0.3, -0.25) is 4.79 Å². The maximum absolute atomic E-state index is 12.3. The number of aromatic hydroxyl groups is 1. The van der Waals surface area contributed by atoms with Crippen LogP contribution in [-0.2, 0) is 11.2 Å². The fourth-order valence-electron chi connectivity index (χ4n) is 2.70. The number of carbonyl (C=O) groups is 1. The highest BCUT2D eigenvalue weighted by Crippen LogP contribution is 2.24. The Balaban J connectivity index is 2.02. The Morgan fingerprint density at radius 3 is 2.78 bits per heavy atom. The molecule has 0 aromatic heterocycles. The summed E-state index contributed by atoms with van der Waals surface area (Å²) in [5, 5.41) is 9.69. The highest BCUT2D eigenvalue weighted by Gasteiger charge is 2.26. The van der Waals surface area contributed by atoms with Crippen molar-refractivity contribution in [2.24, 2.45) is 5.92 Å². The number of carbonyl (C=O) groups excluding carboxylic acids is 1. The molecule has 1 aliphatic heterocycles. The van der Waals surface area contributed by atoms with Crippen LogP contribution in [-0.4, -0.2) is 28.5 Å². The summed E-state index contributed by atoms with van der Waals surface area (Å²) >= 11 is 0. The van der Waals surface area contributed by atoms with Crippen LogP contribution < -0.4 is 0 Å². The van der Waals surface area contributed by atoms with Gasteiger partial charge in [0, 0.05) is 18.2 Å². The molecule has 98 valence electrons. The van der Waals surface area contributed by atoms with Crippen molar-refractivity contribution in [3.63, 3.8) is 0 Å². The molecular weight excluding hydrogens is 226 g/mol. The van der Waals surface area contributed by atoms with Gasteiger partial charge in [0.15, 0.2) is 0 Å². The van der Waals surface area contributed by atoms with Crippen LogP contribution in [0.3, 0.4) is 0 Å². The number of rotatable bonds is 2. The van der Waals surface area contributed by atoms with Gasteiger partial charge in [0.05, 0.1) is 6.42 Å². The Kier molecular flexibility index (Phi) is 3.90. The number of para-hydroxylation sites is 1. The molecule has 1 N–H and O–H groups in total. The lowest BCUT2D eigenvalue weighted by Gasteiger charge is -2.36. The molecule has 2 atom stereocenters. The van der Waals surface area contributed by atoms with Crippen molar-refractivity contribution in [1.82, 2.24) is 4.90 Å². The van der Waals surface area contributed by atoms with Gasteiger partial charge in [-0.2, -0.15) is 0 Å². The molecule has 0 saturated carbocycles. The smallest absolute Gasteiger partial charge is 0.227 e. The number of nitrogens with zero attached hydrogens (tertiary/aromatic N) is 1. The Labute approximate surface area is 108 Å². The molecule has 0 radical (unpaired) electrons. The standard InChI is InChI=1S/C15H21NO2/c1-11-7-8-16(12(2)9-11)15(18)10-13-5-3-4-6-14(13)17/h3-6,11-12,17H,7-10H2,1-2H3. The second-order valence-corrected chi connectivity index (χ2v) is 5.37. The fourth-order valence-corrected chi connectivity index (χ4v) is 2.70. The van der Waals surface area contributed by atoms with Crippen molar-refractivity contribution in [2.45, 2.75) is 39.2 Å². The Morgan fingerprint density at radius 1 is 1.39 bits per heavy atom. The predicted molar refractivity (Wildman–Crippen MR) is 71.4 cm³/mol. The number of benzene rings is 1. The summed E-state index contributed by atoms with van der Waals surface area (Å²) in [6.45, 7) is 5.19. The number of hydrogen-bond donors (Lipinski definition) is 1. The molecule has 0 aliphatic carbocycles. The summed E-state index contributed by atoms with van der Waals surface area (Å²) in [4.78, 5) is 14.2. The molecule has 1 fully saturated rings. The largest absolute Gasteiger partial charge is 0.508 e. The maximum Gasteiger partial charge on any atom is 0.227 e. The molecule has 3 nitrogen and oxygen atoms in total. The summed E-state index contributed by atoms with van der Waals surface area (Å²) in [6, 6.07) is 7.37. The van der Waals surface area contributed by atoms with Crippen molar-refractivity contribution in [2.75, 3.05) is 6.54 Å². The van der Waals surface area contributed by atoms with Gasteiger partial charge in [-0.05, 0) is 31.7 Å². The van der Waals surface area contributed by atoms with E-state index in [1.807, 2.05) is 17.0 Å². The normalized spacial score (nSPS) is 24.0. The van der Waals surface area contributed by atoms with E-state index in [2.05, 4.69) is 13.8 Å². The minimum atomic E-state index is 0.121. The number of phenols is 1. The average molecular weight is 247 g/mol. The molecule has 0 spiro atoms. The number of likely N-dealkylation sites (tertiary alicyclic amines) is 1. The molecule has 1 heterocycles. The first-order valence-corrected chi connectivity index (χ1v) is 6.64. The molecule has 18 heavy (non-hydrogen) atoms. The summed E-state index contributed by atoms with van der Waals surface area (Å²) in [6.07, 6.45) is 2.45. The first kappa shape index (κ1) is 12.9. The fraction of sp³-hybridized carbons (Fsp3) is 0.533. The highest BCUT2D eigenvalue weighted by atomic mass is 16.3. The van der Waals surface area contributed by atoms with Crippen LogP contribution in [0.2, 0.25) is 0 Å². The molecule has 1 aliphatic rings. The first-order chi connectivity index (χ1) is 8.58. The maximum atomic E-state index is 12.3. The van der Waals surface area contributed by atoms with Gasteiger partial charge in [0.1, 0.15) is 5.75 Å². The summed E-state index contributed by atoms with van der Waals surface area (Å²) in [7, 11) is 0. The molecule has 1 amide bonds. The lowest BCUT2D eigenvalue weighted by molar-refractivity contribution is -0.134. The SMILES string of the molecule is CC1CCN(C(=O)Cc2ccccc2O)C(C)C1. The zero-order chi connectivity index (χ0) is 13.1. The van der Waals surface area contributed by atoms with Crippen LogP contribution in [0.4, 0.5) is 0 Å². The van der Waals surface area contributed by atoms with E-state index in [-0.39, 0.29) is 11.7 Å². The Hall–Kier alpha value is -1.51. The minimum absolute atomic E-state index is 0.121. The van der Waals surface area contributed by atoms with Gasteiger partial charge in [-0.1, -0.05) is 25.1 Å². The predicted octanol–water partition coefficient (Wildman–Crippen LogP) is 2.58. The summed E-state index contributed by atoms with van der Waals surface area (Å²) in [5.41, 5.74) is 0.716. The van der Waals surface area contributed by atoms with Crippen LogP contribution in [0.1, 0.15) is 32.3 Å². The lowest BCUT2D eigenvalue weighted by atomic mass is 9.93. The molecule has 2 rings (SSSR count). The van der Waals surface area contributed by atoms with E-state index >= 15 is 0 Å². The second-order valence-electron chi connectivity index (χ2n) is 5.37. The van der Waals surface area contributed by atoms with E-state index in [1.165, 1.54) is 0 Å². The third kappa shape index (κ3) is 2.84. The zero-order valence-electron chi connectivity index (χ0n) is 11.1. The van der Waals surface area contributed by atoms with Gasteiger partial charge in [-0.25, -0.2) is 0 Å². The van der Waals surface area contributed by atoms with Crippen LogP contribution in [0.25, 0.3) is 0 Å². The summed E-state index contributed by atoms with van der Waals surface area (Å²) < 4.78 is 0. The first-order valence-electron chi connectivity index (χ1n) is 6.64. The minimum Gasteiger partial charge on any atom is -0.508 e. The number of hydrogen-bond acceptors (Lipinski definition) is 2. The van der Waals surface area contributed by atoms with E-state index in [1.54, 1.807) is 12.1 Å². The van der Waals surface area contributed by atoms with Gasteiger partial charge in [0.25, 0.3) is 0 Å². The van der Waals surface area contributed by atoms with Crippen LogP contribution >= 0.6 is 0 Å². The molecular formula is C15H21NO2. The zero-order valence-corrected chi connectivity index (χ0v) is 11.1. The molecule has 2 unspecified atom stereocenters. The van der Waals surface area contributed by atoms with E-state index in [0.717, 1.165) is 19.4 Å². The van der Waals surface area contributed by atoms with Crippen molar-refractivity contribution in [3.8, 4) is 5.75 Å². The topological polar surface area (TPSA) is 40.5 Å². The van der Waals surface area contributed by atoms with E-state index in [0.29, 0.717) is 23.9 Å². The Bertz CT molecular complexity index is 430. The van der Waals surface area contributed by atoms with E-state index < -0.39 is 0 Å². The quantitative estimate of drug-likeness (QED) is 0.872.